The second-order valence-corrected chi connectivity index (χ2v) is 11.7. The Morgan fingerprint density at radius 2 is 1.75 bits per heavy atom. The minimum absolute atomic E-state index is 0.404. The van der Waals surface area contributed by atoms with Crippen molar-refractivity contribution in [3.05, 3.63) is 11.6 Å². The zero-order valence-electron chi connectivity index (χ0n) is 20.7. The van der Waals surface area contributed by atoms with Crippen molar-refractivity contribution in [2.75, 3.05) is 0 Å². The van der Waals surface area contributed by atoms with Gasteiger partial charge in [-0.15, -0.1) is 0 Å². The molecule has 1 heterocycles. The summed E-state index contributed by atoms with van der Waals surface area (Å²) in [4.78, 5) is 12.5. The topological polar surface area (TPSA) is 85.2 Å². The highest BCUT2D eigenvalue weighted by molar-refractivity contribution is 5.87. The summed E-state index contributed by atoms with van der Waals surface area (Å²) in [5, 5.41) is 21.2. The standard InChI is InChI=1S/C26H42O6/c1-8-13(2)23(29)31-22-21(28)20(27)15(4)30-24(22)32-26(7)12-11-17-19(25(17,5)6)18-14(3)9-10-16(18)26/h8,14-22,24,27-28H,9-12H2,1-7H3/b13-8-. The van der Waals surface area contributed by atoms with Gasteiger partial charge in [0.25, 0.3) is 0 Å². The van der Waals surface area contributed by atoms with E-state index in [2.05, 4.69) is 27.7 Å². The lowest BCUT2D eigenvalue weighted by atomic mass is 9.74. The third-order valence-corrected chi connectivity index (χ3v) is 9.51. The van der Waals surface area contributed by atoms with Gasteiger partial charge in [0, 0.05) is 5.57 Å². The molecular weight excluding hydrogens is 408 g/mol. The van der Waals surface area contributed by atoms with Gasteiger partial charge in [0.2, 0.25) is 0 Å². The van der Waals surface area contributed by atoms with Gasteiger partial charge in [0.15, 0.2) is 12.4 Å². The summed E-state index contributed by atoms with van der Waals surface area (Å²) in [5.74, 6) is 2.62. The first-order valence-corrected chi connectivity index (χ1v) is 12.5. The summed E-state index contributed by atoms with van der Waals surface area (Å²) in [7, 11) is 0. The number of rotatable bonds is 4. The molecule has 0 bridgehead atoms. The molecule has 6 heteroatoms. The third kappa shape index (κ3) is 3.85. The zero-order chi connectivity index (χ0) is 23.6. The number of carbonyl (C=O) groups is 1. The van der Waals surface area contributed by atoms with Gasteiger partial charge in [-0.3, -0.25) is 0 Å². The predicted octanol–water partition coefficient (Wildman–Crippen LogP) is 3.83. The Hall–Kier alpha value is -0.950. The molecule has 0 spiro atoms. The van der Waals surface area contributed by atoms with E-state index in [1.54, 1.807) is 26.8 Å². The first-order valence-electron chi connectivity index (χ1n) is 12.5. The molecule has 0 aromatic rings. The number of hydrogen-bond donors (Lipinski definition) is 2. The smallest absolute Gasteiger partial charge is 0.333 e. The van der Waals surface area contributed by atoms with Crippen molar-refractivity contribution in [2.24, 2.45) is 35.0 Å². The van der Waals surface area contributed by atoms with Crippen LogP contribution in [0.5, 0.6) is 0 Å². The van der Waals surface area contributed by atoms with Gasteiger partial charge < -0.3 is 24.4 Å². The number of aliphatic hydroxyl groups excluding tert-OH is 2. The van der Waals surface area contributed by atoms with Crippen molar-refractivity contribution in [3.8, 4) is 0 Å². The van der Waals surface area contributed by atoms with Crippen LogP contribution < -0.4 is 0 Å². The molecule has 0 amide bonds. The Bertz CT molecular complexity index is 761. The number of esters is 1. The van der Waals surface area contributed by atoms with E-state index < -0.39 is 42.3 Å². The van der Waals surface area contributed by atoms with Crippen molar-refractivity contribution in [3.63, 3.8) is 0 Å². The number of fused-ring (bicyclic) bond motifs is 3. The summed E-state index contributed by atoms with van der Waals surface area (Å²) >= 11 is 0. The molecule has 182 valence electrons. The van der Waals surface area contributed by atoms with Crippen LogP contribution in [0.1, 0.15) is 74.1 Å². The Morgan fingerprint density at radius 3 is 2.41 bits per heavy atom. The van der Waals surface area contributed by atoms with Crippen LogP contribution in [0.15, 0.2) is 11.6 Å². The Labute approximate surface area is 192 Å². The van der Waals surface area contributed by atoms with Gasteiger partial charge in [0.05, 0.1) is 11.7 Å². The van der Waals surface area contributed by atoms with Crippen molar-refractivity contribution in [2.45, 2.75) is 110 Å². The van der Waals surface area contributed by atoms with E-state index in [4.69, 9.17) is 14.2 Å². The number of ether oxygens (including phenoxy) is 3. The lowest BCUT2D eigenvalue weighted by molar-refractivity contribution is -0.328. The predicted molar refractivity (Wildman–Crippen MR) is 121 cm³/mol. The first kappa shape index (κ1) is 24.2. The molecule has 3 saturated carbocycles. The van der Waals surface area contributed by atoms with Crippen LogP contribution >= 0.6 is 0 Å². The van der Waals surface area contributed by atoms with Crippen LogP contribution in [0.25, 0.3) is 0 Å². The molecule has 1 aliphatic heterocycles. The maximum atomic E-state index is 12.5. The molecule has 1 saturated heterocycles. The van der Waals surface area contributed by atoms with E-state index in [1.807, 2.05) is 0 Å². The highest BCUT2D eigenvalue weighted by Crippen LogP contribution is 2.71. The van der Waals surface area contributed by atoms with Crippen molar-refractivity contribution in [1.29, 1.82) is 0 Å². The second kappa shape index (κ2) is 8.37. The summed E-state index contributed by atoms with van der Waals surface area (Å²) in [5.41, 5.74) is 0.420. The summed E-state index contributed by atoms with van der Waals surface area (Å²) < 4.78 is 18.4. The van der Waals surface area contributed by atoms with Crippen LogP contribution in [0.2, 0.25) is 0 Å². The van der Waals surface area contributed by atoms with E-state index in [9.17, 15) is 15.0 Å². The lowest BCUT2D eigenvalue weighted by Gasteiger charge is -2.47. The fourth-order valence-corrected chi connectivity index (χ4v) is 7.24. The molecule has 4 aliphatic rings. The van der Waals surface area contributed by atoms with E-state index in [0.717, 1.165) is 31.1 Å². The molecule has 32 heavy (non-hydrogen) atoms. The van der Waals surface area contributed by atoms with Gasteiger partial charge in [-0.2, -0.15) is 0 Å². The van der Waals surface area contributed by atoms with Crippen LogP contribution in [0, 0.1) is 35.0 Å². The summed E-state index contributed by atoms with van der Waals surface area (Å²) in [6.07, 6.45) is 1.01. The molecule has 0 aromatic carbocycles. The number of carbonyl (C=O) groups excluding carboxylic acids is 1. The average Bonchev–Trinajstić information content (AvgIpc) is 3.11. The molecular formula is C26H42O6. The molecule has 3 aliphatic carbocycles. The minimum atomic E-state index is -1.27. The summed E-state index contributed by atoms with van der Waals surface area (Å²) in [6.45, 7) is 14.5. The fourth-order valence-electron chi connectivity index (χ4n) is 7.24. The molecule has 0 radical (unpaired) electrons. The second-order valence-electron chi connectivity index (χ2n) is 11.7. The van der Waals surface area contributed by atoms with Gasteiger partial charge in [-0.05, 0) is 82.0 Å². The fraction of sp³-hybridized carbons (Fsp3) is 0.885. The number of aliphatic hydroxyl groups is 2. The average molecular weight is 451 g/mol. The van der Waals surface area contributed by atoms with Crippen molar-refractivity contribution in [1.82, 2.24) is 0 Å². The van der Waals surface area contributed by atoms with E-state index in [0.29, 0.717) is 28.7 Å². The van der Waals surface area contributed by atoms with Gasteiger partial charge >= 0.3 is 5.97 Å². The largest absolute Gasteiger partial charge is 0.451 e. The van der Waals surface area contributed by atoms with Crippen molar-refractivity contribution >= 4 is 5.97 Å². The van der Waals surface area contributed by atoms with E-state index in [1.165, 1.54) is 6.42 Å². The molecule has 2 N–H and O–H groups in total. The highest BCUT2D eigenvalue weighted by Gasteiger charge is 2.67. The monoisotopic (exact) mass is 450 g/mol. The molecule has 4 rings (SSSR count). The zero-order valence-corrected chi connectivity index (χ0v) is 20.7. The quantitative estimate of drug-likeness (QED) is 0.500. The Morgan fingerprint density at radius 1 is 1.06 bits per heavy atom. The van der Waals surface area contributed by atoms with E-state index in [-0.39, 0.29) is 0 Å². The van der Waals surface area contributed by atoms with Gasteiger partial charge in [-0.1, -0.05) is 33.3 Å². The summed E-state index contributed by atoms with van der Waals surface area (Å²) in [6, 6.07) is 0. The molecule has 6 nitrogen and oxygen atoms in total. The van der Waals surface area contributed by atoms with Crippen LogP contribution in [-0.4, -0.2) is 52.5 Å². The maximum absolute atomic E-state index is 12.5. The van der Waals surface area contributed by atoms with Crippen LogP contribution in [-0.2, 0) is 19.0 Å². The number of hydrogen-bond acceptors (Lipinski definition) is 6. The molecule has 4 fully saturated rings. The van der Waals surface area contributed by atoms with Gasteiger partial charge in [0.1, 0.15) is 12.2 Å². The number of allylic oxidation sites excluding steroid dienone is 1. The van der Waals surface area contributed by atoms with E-state index >= 15 is 0 Å². The highest BCUT2D eigenvalue weighted by atomic mass is 16.7. The van der Waals surface area contributed by atoms with Gasteiger partial charge in [-0.25, -0.2) is 4.79 Å². The van der Waals surface area contributed by atoms with Crippen LogP contribution in [0.4, 0.5) is 0 Å². The molecule has 0 aromatic heterocycles. The van der Waals surface area contributed by atoms with Crippen LogP contribution in [0.3, 0.4) is 0 Å². The maximum Gasteiger partial charge on any atom is 0.333 e. The normalized spacial score (nSPS) is 50.2. The van der Waals surface area contributed by atoms with Crippen molar-refractivity contribution < 1.29 is 29.2 Å². The third-order valence-electron chi connectivity index (χ3n) is 9.51. The first-order chi connectivity index (χ1) is 14.9. The SMILES string of the molecule is C/C=C(/C)C(=O)OC1C(OC2(C)CCC3C(C4C(C)CCC42)C3(C)C)OC(C)C(O)C1O. The minimum Gasteiger partial charge on any atom is -0.451 e. The Kier molecular flexibility index (Phi) is 6.32. The molecule has 11 atom stereocenters. The molecule has 11 unspecified atom stereocenters. The Balaban J connectivity index is 1.59. The lowest BCUT2D eigenvalue weighted by Crippen LogP contribution is -2.61.